The number of methoxy groups -OCH3 is 3. The van der Waals surface area contributed by atoms with E-state index in [1.807, 2.05) is 13.0 Å². The molecule has 0 bridgehead atoms. The average Bonchev–Trinajstić information content (AvgIpc) is 3.06. The zero-order chi connectivity index (χ0) is 36.7. The van der Waals surface area contributed by atoms with Crippen LogP contribution in [-0.4, -0.2) is 50.3 Å². The van der Waals surface area contributed by atoms with Crippen LogP contribution in [0.25, 0.3) is 6.08 Å². The smallest absolute Gasteiger partial charge is 0.331 e. The minimum Gasteiger partial charge on any atom is -0.493 e. The highest BCUT2D eigenvalue weighted by atomic mass is 16.5. The van der Waals surface area contributed by atoms with E-state index in [4.69, 9.17) is 18.9 Å². The second-order valence-electron chi connectivity index (χ2n) is 18.1. The number of rotatable bonds is 7. The van der Waals surface area contributed by atoms with Crippen molar-refractivity contribution in [3.8, 4) is 17.2 Å². The van der Waals surface area contributed by atoms with E-state index in [1.165, 1.54) is 11.6 Å². The van der Waals surface area contributed by atoms with Gasteiger partial charge in [-0.2, -0.15) is 0 Å². The maximum atomic E-state index is 14.7. The molecule has 1 aromatic carbocycles. The van der Waals surface area contributed by atoms with Gasteiger partial charge in [0.05, 0.1) is 26.7 Å². The van der Waals surface area contributed by atoms with Crippen LogP contribution >= 0.6 is 0 Å². The first-order valence-corrected chi connectivity index (χ1v) is 18.5. The molecule has 1 N–H and O–H groups in total. The summed E-state index contributed by atoms with van der Waals surface area (Å²) in [6, 6.07) is 3.57. The normalized spacial score (nSPS) is 40.4. The minimum absolute atomic E-state index is 0.0226. The monoisotopic (exact) mass is 690 g/mol. The number of carbonyl (C=O) groups excluding carboxylic acids is 2. The van der Waals surface area contributed by atoms with Crippen molar-refractivity contribution in [3.05, 3.63) is 35.4 Å². The lowest BCUT2D eigenvalue weighted by molar-refractivity contribution is -0.209. The third-order valence-electron chi connectivity index (χ3n) is 15.4. The van der Waals surface area contributed by atoms with Gasteiger partial charge in [-0.05, 0) is 128 Å². The molecule has 4 fully saturated rings. The number of carbonyl (C=O) groups is 3. The van der Waals surface area contributed by atoms with Crippen LogP contribution in [0.5, 0.6) is 17.2 Å². The second-order valence-corrected chi connectivity index (χ2v) is 18.1. The molecule has 0 saturated heterocycles. The Morgan fingerprint density at radius 2 is 1.48 bits per heavy atom. The maximum Gasteiger partial charge on any atom is 0.331 e. The van der Waals surface area contributed by atoms with Crippen LogP contribution in [0.3, 0.4) is 0 Å². The highest BCUT2D eigenvalue weighted by Crippen LogP contribution is 2.75. The van der Waals surface area contributed by atoms with Gasteiger partial charge in [0.25, 0.3) is 0 Å². The van der Waals surface area contributed by atoms with Gasteiger partial charge in [-0.3, -0.25) is 9.59 Å². The van der Waals surface area contributed by atoms with Crippen molar-refractivity contribution in [3.63, 3.8) is 0 Å². The topological polar surface area (TPSA) is 108 Å². The number of fused-ring (bicyclic) bond motifs is 7. The number of allylic oxidation sites excluding steroid dienone is 2. The van der Waals surface area contributed by atoms with Gasteiger partial charge in [-0.15, -0.1) is 0 Å². The summed E-state index contributed by atoms with van der Waals surface area (Å²) in [5.41, 5.74) is 0.200. The molecule has 0 aromatic heterocycles. The van der Waals surface area contributed by atoms with Gasteiger partial charge in [0, 0.05) is 17.4 Å². The van der Waals surface area contributed by atoms with Crippen LogP contribution in [0.1, 0.15) is 112 Å². The van der Waals surface area contributed by atoms with Crippen LogP contribution in [0.2, 0.25) is 0 Å². The number of ether oxygens (including phenoxy) is 4. The molecule has 8 nitrogen and oxygen atoms in total. The predicted octanol–water partition coefficient (Wildman–Crippen LogP) is 8.70. The zero-order valence-electron chi connectivity index (χ0n) is 31.9. The summed E-state index contributed by atoms with van der Waals surface area (Å²) in [4.78, 5) is 40.4. The molecule has 6 rings (SSSR count). The van der Waals surface area contributed by atoms with Gasteiger partial charge < -0.3 is 24.1 Å². The molecule has 0 radical (unpaired) electrons. The molecule has 0 unspecified atom stereocenters. The van der Waals surface area contributed by atoms with E-state index in [0.29, 0.717) is 36.5 Å². The van der Waals surface area contributed by atoms with E-state index >= 15 is 0 Å². The van der Waals surface area contributed by atoms with Crippen molar-refractivity contribution < 1.29 is 38.4 Å². The van der Waals surface area contributed by atoms with Crippen molar-refractivity contribution in [2.45, 2.75) is 112 Å². The van der Waals surface area contributed by atoms with E-state index < -0.39 is 17.4 Å². The van der Waals surface area contributed by atoms with Crippen LogP contribution in [0.4, 0.5) is 0 Å². The Morgan fingerprint density at radius 3 is 2.08 bits per heavy atom. The van der Waals surface area contributed by atoms with E-state index in [-0.39, 0.29) is 56.7 Å². The van der Waals surface area contributed by atoms with Crippen molar-refractivity contribution in [1.82, 2.24) is 0 Å². The molecule has 8 heteroatoms. The molecule has 0 aliphatic heterocycles. The Labute approximate surface area is 298 Å². The molecular formula is C42H58O8. The number of carboxylic acids is 1. The van der Waals surface area contributed by atoms with Crippen molar-refractivity contribution in [2.24, 2.45) is 50.2 Å². The number of benzene rings is 1. The van der Waals surface area contributed by atoms with Gasteiger partial charge in [0.2, 0.25) is 5.75 Å². The van der Waals surface area contributed by atoms with Crippen LogP contribution in [-0.2, 0) is 19.1 Å². The largest absolute Gasteiger partial charge is 0.493 e. The Balaban J connectivity index is 1.25. The first kappa shape index (κ1) is 36.5. The summed E-state index contributed by atoms with van der Waals surface area (Å²) in [6.07, 6.45) is 12.5. The second kappa shape index (κ2) is 12.2. The van der Waals surface area contributed by atoms with Gasteiger partial charge >= 0.3 is 11.9 Å². The SMILES string of the molecule is COc1cc(/C=C/C(=O)O[C@H]2CC[C@]3(C)[C@H]4C(=O)C=C5[C@@H]6C[C@@](C)(C(=O)O)CC[C@]6(C)CC[C@@]5(C)[C@]4(C)CC[C@H]3C2(C)C)cc(OC)c1OC. The molecular weight excluding hydrogens is 632 g/mol. The van der Waals surface area contributed by atoms with Gasteiger partial charge in [-0.1, -0.05) is 47.1 Å². The molecule has 5 aliphatic rings. The molecule has 4 saturated carbocycles. The van der Waals surface area contributed by atoms with Crippen molar-refractivity contribution >= 4 is 23.8 Å². The van der Waals surface area contributed by atoms with Gasteiger partial charge in [0.15, 0.2) is 17.3 Å². The Bertz CT molecular complexity index is 1610. The summed E-state index contributed by atoms with van der Waals surface area (Å²) in [5, 5.41) is 10.2. The number of carboxylic acid groups (broad SMARTS) is 1. The molecule has 50 heavy (non-hydrogen) atoms. The number of aliphatic carboxylic acids is 1. The van der Waals surface area contributed by atoms with Gasteiger partial charge in [-0.25, -0.2) is 4.79 Å². The third-order valence-corrected chi connectivity index (χ3v) is 15.4. The van der Waals surface area contributed by atoms with Gasteiger partial charge in [0.1, 0.15) is 6.10 Å². The highest BCUT2D eigenvalue weighted by molar-refractivity contribution is 5.96. The highest BCUT2D eigenvalue weighted by Gasteiger charge is 2.70. The number of hydrogen-bond acceptors (Lipinski definition) is 7. The third kappa shape index (κ3) is 5.24. The Hall–Kier alpha value is -3.29. The van der Waals surface area contributed by atoms with Crippen molar-refractivity contribution in [2.75, 3.05) is 21.3 Å². The summed E-state index contributed by atoms with van der Waals surface area (Å²) < 4.78 is 22.6. The van der Waals surface area contributed by atoms with Crippen LogP contribution in [0.15, 0.2) is 29.9 Å². The summed E-state index contributed by atoms with van der Waals surface area (Å²) in [7, 11) is 4.66. The summed E-state index contributed by atoms with van der Waals surface area (Å²) in [6.45, 7) is 15.8. The van der Waals surface area contributed by atoms with Crippen molar-refractivity contribution in [1.29, 1.82) is 0 Å². The standard InChI is InChI=1S/C42H58O8/c1-37(2)31-13-16-42(7)35(28(43)23-26-27-24-39(4,36(45)46)18-17-38(27,3)19-20-41(26,42)6)40(31,5)15-14-32(37)50-33(44)12-11-25-21-29(47-8)34(49-10)30(22-25)48-9/h11-12,21-23,27,31-32,35H,13-20,24H2,1-10H3,(H,45,46)/b12-11+/t27-,31-,32-,35+,38+,39-,40-,41+,42+/m0/s1. The van der Waals surface area contributed by atoms with Crippen LogP contribution in [0, 0.1) is 50.2 Å². The van der Waals surface area contributed by atoms with E-state index in [1.54, 1.807) is 39.5 Å². The molecule has 274 valence electrons. The Morgan fingerprint density at radius 1 is 0.840 bits per heavy atom. The molecule has 9 atom stereocenters. The number of hydrogen-bond donors (Lipinski definition) is 1. The lowest BCUT2D eigenvalue weighted by Gasteiger charge is -2.70. The first-order valence-electron chi connectivity index (χ1n) is 18.5. The summed E-state index contributed by atoms with van der Waals surface area (Å²) >= 11 is 0. The maximum absolute atomic E-state index is 14.7. The summed E-state index contributed by atoms with van der Waals surface area (Å²) in [5.74, 6) is 0.747. The fourth-order valence-electron chi connectivity index (χ4n) is 12.1. The van der Waals surface area contributed by atoms with E-state index in [9.17, 15) is 19.5 Å². The number of esters is 1. The predicted molar refractivity (Wildman–Crippen MR) is 192 cm³/mol. The minimum atomic E-state index is -0.767. The molecule has 0 heterocycles. The molecule has 0 amide bonds. The molecule has 0 spiro atoms. The molecule has 5 aliphatic carbocycles. The average molecular weight is 691 g/mol. The Kier molecular flexibility index (Phi) is 8.87. The number of ketones is 1. The zero-order valence-corrected chi connectivity index (χ0v) is 31.9. The molecule has 1 aromatic rings. The lowest BCUT2D eigenvalue weighted by Crippen LogP contribution is -2.66. The van der Waals surface area contributed by atoms with Crippen LogP contribution < -0.4 is 14.2 Å². The lowest BCUT2D eigenvalue weighted by atomic mass is 9.33. The first-order chi connectivity index (χ1) is 23.3. The van der Waals surface area contributed by atoms with E-state index in [2.05, 4.69) is 41.5 Å². The quantitative estimate of drug-likeness (QED) is 0.224. The fourth-order valence-corrected chi connectivity index (χ4v) is 12.1. The van der Waals surface area contributed by atoms with E-state index in [0.717, 1.165) is 44.1 Å². The fraction of sp³-hybridized carbons (Fsp3) is 0.690.